The predicted octanol–water partition coefficient (Wildman–Crippen LogP) is 6.47. The molecule has 0 spiro atoms. The number of carbonyl (C=O) groups excluding carboxylic acids is 2. The minimum absolute atomic E-state index is 0.116. The lowest BCUT2D eigenvalue weighted by atomic mass is 10.0. The SMILES string of the molecule is CCO[C@@H]1C[C@H](S(=O)(=O)c2ccc(-c3cnn(C)c3)cc2C(F)(F)F)C[C@H]1C(=O)NC1(C#N)CC1.CCO[C@H]1C[C@@H](S(=O)(=O)c2ccc(-c3cnn(C)c3)cc2C(F)(F)F)C[C@@H]1C(=O)NC1(C#N)CC1. The maximum atomic E-state index is 14.0. The number of aryl methyl sites for hydroxylation is 2. The number of benzene rings is 2. The van der Waals surface area contributed by atoms with Crippen LogP contribution in [0.2, 0.25) is 0 Å². The van der Waals surface area contributed by atoms with Gasteiger partial charge in [-0.1, -0.05) is 12.1 Å². The van der Waals surface area contributed by atoms with Gasteiger partial charge in [0.05, 0.1) is 80.0 Å². The fraction of sp³-hybridized carbons (Fsp3) is 0.522. The van der Waals surface area contributed by atoms with Gasteiger partial charge >= 0.3 is 12.4 Å². The Kier molecular flexibility index (Phi) is 14.4. The van der Waals surface area contributed by atoms with E-state index in [9.17, 15) is 63.3 Å². The third-order valence-corrected chi connectivity index (χ3v) is 17.6. The Labute approximate surface area is 400 Å². The Morgan fingerprint density at radius 1 is 0.657 bits per heavy atom. The number of alkyl halides is 6. The van der Waals surface area contributed by atoms with E-state index in [1.54, 1.807) is 27.9 Å². The average molecular weight is 1020 g/mol. The Hall–Kier alpha value is -5.82. The Morgan fingerprint density at radius 3 is 1.29 bits per heavy atom. The van der Waals surface area contributed by atoms with Gasteiger partial charge in [-0.2, -0.15) is 47.1 Å². The Morgan fingerprint density at radius 2 is 1.01 bits per heavy atom. The van der Waals surface area contributed by atoms with Crippen molar-refractivity contribution in [3.8, 4) is 34.4 Å². The molecule has 2 heterocycles. The van der Waals surface area contributed by atoms with E-state index < -0.39 is 110 Å². The molecule has 4 aliphatic rings. The summed E-state index contributed by atoms with van der Waals surface area (Å²) in [4.78, 5) is 24.1. The first-order chi connectivity index (χ1) is 32.8. The van der Waals surface area contributed by atoms with Crippen LogP contribution in [-0.2, 0) is 65.2 Å². The summed E-state index contributed by atoms with van der Waals surface area (Å²) in [7, 11) is -5.68. The van der Waals surface area contributed by atoms with Crippen LogP contribution < -0.4 is 10.6 Å². The summed E-state index contributed by atoms with van der Waals surface area (Å²) >= 11 is 0. The molecule has 0 aliphatic heterocycles. The van der Waals surface area contributed by atoms with Crippen molar-refractivity contribution in [1.82, 2.24) is 30.2 Å². The monoisotopic (exact) mass is 1020 g/mol. The fourth-order valence-electron chi connectivity index (χ4n) is 9.06. The van der Waals surface area contributed by atoms with Gasteiger partial charge in [-0.15, -0.1) is 0 Å². The van der Waals surface area contributed by atoms with Crippen molar-refractivity contribution >= 4 is 31.5 Å². The molecule has 4 fully saturated rings. The highest BCUT2D eigenvalue weighted by Crippen LogP contribution is 2.45. The number of ether oxygens (including phenoxy) is 2. The van der Waals surface area contributed by atoms with E-state index in [1.807, 2.05) is 12.1 Å². The van der Waals surface area contributed by atoms with E-state index in [-0.39, 0.29) is 50.0 Å². The molecule has 376 valence electrons. The molecular formula is C46H50F6N8O8S2. The third-order valence-electron chi connectivity index (χ3n) is 13.1. The molecule has 8 rings (SSSR count). The third kappa shape index (κ3) is 10.9. The molecule has 0 saturated heterocycles. The maximum absolute atomic E-state index is 14.0. The highest BCUT2D eigenvalue weighted by atomic mass is 32.2. The highest BCUT2D eigenvalue weighted by molar-refractivity contribution is 7.92. The van der Waals surface area contributed by atoms with Crippen molar-refractivity contribution in [2.24, 2.45) is 25.9 Å². The molecule has 16 nitrogen and oxygen atoms in total. The lowest BCUT2D eigenvalue weighted by Crippen LogP contribution is -2.42. The van der Waals surface area contributed by atoms with Gasteiger partial charge in [-0.25, -0.2) is 16.8 Å². The number of sulfone groups is 2. The molecule has 4 aromatic rings. The molecule has 2 N–H and O–H groups in total. The maximum Gasteiger partial charge on any atom is 0.417 e. The number of rotatable bonds is 14. The van der Waals surface area contributed by atoms with Gasteiger partial charge in [0.2, 0.25) is 11.8 Å². The lowest BCUT2D eigenvalue weighted by molar-refractivity contribution is -0.140. The van der Waals surface area contributed by atoms with E-state index in [0.717, 1.165) is 24.3 Å². The van der Waals surface area contributed by atoms with E-state index in [0.29, 0.717) is 36.8 Å². The molecule has 2 aromatic carbocycles. The number of aromatic nitrogens is 4. The van der Waals surface area contributed by atoms with Gasteiger partial charge in [0.25, 0.3) is 0 Å². The normalized spacial score (nSPS) is 23.6. The van der Waals surface area contributed by atoms with E-state index in [2.05, 4.69) is 20.8 Å². The van der Waals surface area contributed by atoms with Crippen LogP contribution in [0.25, 0.3) is 22.3 Å². The van der Waals surface area contributed by atoms with E-state index >= 15 is 0 Å². The molecular weight excluding hydrogens is 971 g/mol. The van der Waals surface area contributed by atoms with Gasteiger partial charge in [0.15, 0.2) is 19.7 Å². The fourth-order valence-corrected chi connectivity index (χ4v) is 13.1. The van der Waals surface area contributed by atoms with Crippen LogP contribution in [-0.4, -0.2) is 95.2 Å². The second kappa shape index (κ2) is 19.4. The number of nitrogens with zero attached hydrogens (tertiary/aromatic N) is 6. The average Bonchev–Trinajstić information content (AvgIpc) is 3.90. The number of hydrogen-bond donors (Lipinski definition) is 2. The number of nitriles is 2. The largest absolute Gasteiger partial charge is 0.417 e. The highest BCUT2D eigenvalue weighted by Gasteiger charge is 2.53. The Bertz CT molecular complexity index is 2750. The van der Waals surface area contributed by atoms with Gasteiger partial charge < -0.3 is 20.1 Å². The van der Waals surface area contributed by atoms with E-state index in [1.165, 1.54) is 46.3 Å². The molecule has 4 saturated carbocycles. The second-order valence-electron chi connectivity index (χ2n) is 18.1. The zero-order valence-corrected chi connectivity index (χ0v) is 40.0. The molecule has 6 atom stereocenters. The smallest absolute Gasteiger partial charge is 0.378 e. The molecule has 0 bridgehead atoms. The van der Waals surface area contributed by atoms with Crippen LogP contribution in [0.5, 0.6) is 0 Å². The Balaban J connectivity index is 0.000000206. The van der Waals surface area contributed by atoms with Gasteiger partial charge in [-0.05, 0) is 101 Å². The summed E-state index contributed by atoms with van der Waals surface area (Å²) in [5.74, 6) is -2.79. The number of amides is 2. The van der Waals surface area contributed by atoms with Crippen LogP contribution in [0, 0.1) is 34.5 Å². The second-order valence-corrected chi connectivity index (χ2v) is 22.5. The van der Waals surface area contributed by atoms with Crippen molar-refractivity contribution < 1.29 is 62.2 Å². The summed E-state index contributed by atoms with van der Waals surface area (Å²) in [6.45, 7) is 3.79. The topological polar surface area (TPSA) is 228 Å². The molecule has 70 heavy (non-hydrogen) atoms. The van der Waals surface area contributed by atoms with E-state index in [4.69, 9.17) is 9.47 Å². The molecule has 4 aliphatic carbocycles. The number of nitrogens with one attached hydrogen (secondary N) is 2. The zero-order valence-electron chi connectivity index (χ0n) is 38.3. The van der Waals surface area contributed by atoms with Crippen LogP contribution in [0.1, 0.15) is 76.3 Å². The molecule has 0 radical (unpaired) electrons. The van der Waals surface area contributed by atoms with Crippen LogP contribution in [0.4, 0.5) is 26.3 Å². The first kappa shape index (κ1) is 52.0. The first-order valence-corrected chi connectivity index (χ1v) is 25.5. The van der Waals surface area contributed by atoms with Crippen molar-refractivity contribution in [3.63, 3.8) is 0 Å². The van der Waals surface area contributed by atoms with Crippen molar-refractivity contribution in [1.29, 1.82) is 10.5 Å². The lowest BCUT2D eigenvalue weighted by Gasteiger charge is -2.20. The summed E-state index contributed by atoms with van der Waals surface area (Å²) in [5.41, 5.74) is -3.21. The van der Waals surface area contributed by atoms with Crippen molar-refractivity contribution in [3.05, 3.63) is 72.3 Å². The van der Waals surface area contributed by atoms with Crippen molar-refractivity contribution in [2.45, 2.75) is 121 Å². The first-order valence-electron chi connectivity index (χ1n) is 22.4. The summed E-state index contributed by atoms with van der Waals surface area (Å²) in [5, 5.41) is 29.3. The molecule has 0 unspecified atom stereocenters. The standard InChI is InChI=1S/2C23H25F3N4O4S/c2*1-3-34-19-10-16(9-17(19)21(31)29-22(13-27)6-7-22)35(32,33)20-5-4-14(8-18(20)23(24,25)26)15-11-28-30(2)12-15/h2*4-5,8,11-12,16-17,19H,3,6-7,9-10H2,1-2H3,(H,29,31)/t2*16-,17-,19-/m10/s1. The van der Waals surface area contributed by atoms with Gasteiger partial charge in [0, 0.05) is 50.8 Å². The molecule has 24 heteroatoms. The van der Waals surface area contributed by atoms with Crippen molar-refractivity contribution in [2.75, 3.05) is 13.2 Å². The van der Waals surface area contributed by atoms with Crippen LogP contribution >= 0.6 is 0 Å². The molecule has 2 amide bonds. The van der Waals surface area contributed by atoms with Gasteiger partial charge in [0.1, 0.15) is 11.1 Å². The van der Waals surface area contributed by atoms with Crippen LogP contribution in [0.15, 0.2) is 71.0 Å². The number of halogens is 6. The summed E-state index contributed by atoms with van der Waals surface area (Å²) in [6, 6.07) is 10.3. The number of hydrogen-bond acceptors (Lipinski definition) is 12. The minimum Gasteiger partial charge on any atom is -0.378 e. The minimum atomic E-state index is -4.92. The van der Waals surface area contributed by atoms with Crippen LogP contribution in [0.3, 0.4) is 0 Å². The molecule has 2 aromatic heterocycles. The quantitative estimate of drug-likeness (QED) is 0.130. The number of carbonyl (C=O) groups is 2. The summed E-state index contributed by atoms with van der Waals surface area (Å²) in [6.07, 6.45) is -4.15. The predicted molar refractivity (Wildman–Crippen MR) is 237 cm³/mol. The van der Waals surface area contributed by atoms with Gasteiger partial charge in [-0.3, -0.25) is 19.0 Å². The zero-order chi connectivity index (χ0) is 51.2. The summed E-state index contributed by atoms with van der Waals surface area (Å²) < 4.78 is 152.